The first kappa shape index (κ1) is 26.7. The molecule has 4 rings (SSSR count). The Morgan fingerprint density at radius 3 is 2.58 bits per heavy atom. The highest BCUT2D eigenvalue weighted by atomic mass is 16.5. The van der Waals surface area contributed by atoms with E-state index in [4.69, 9.17) is 13.9 Å². The number of aromatic nitrogens is 1. The van der Waals surface area contributed by atoms with Crippen LogP contribution in [0.15, 0.2) is 59.1 Å². The van der Waals surface area contributed by atoms with Gasteiger partial charge in [0, 0.05) is 37.5 Å². The second-order valence-electron chi connectivity index (χ2n) is 9.49. The van der Waals surface area contributed by atoms with Gasteiger partial charge < -0.3 is 18.8 Å². The van der Waals surface area contributed by atoms with Gasteiger partial charge in [-0.15, -0.1) is 0 Å². The Bertz CT molecular complexity index is 1480. The van der Waals surface area contributed by atoms with Crippen LogP contribution in [0.25, 0.3) is 33.6 Å². The summed E-state index contributed by atoms with van der Waals surface area (Å²) in [6.07, 6.45) is 4.98. The molecule has 0 aliphatic heterocycles. The predicted octanol–water partition coefficient (Wildman–Crippen LogP) is 6.95. The van der Waals surface area contributed by atoms with Crippen molar-refractivity contribution in [2.24, 2.45) is 5.92 Å². The number of pyridine rings is 1. The van der Waals surface area contributed by atoms with Crippen LogP contribution in [0, 0.1) is 17.2 Å². The van der Waals surface area contributed by atoms with Crippen LogP contribution in [0.3, 0.4) is 0 Å². The van der Waals surface area contributed by atoms with Crippen molar-refractivity contribution in [2.45, 2.75) is 33.1 Å². The van der Waals surface area contributed by atoms with E-state index in [1.54, 1.807) is 39.5 Å². The number of fused-ring (bicyclic) bond motifs is 1. The zero-order chi connectivity index (χ0) is 27.2. The van der Waals surface area contributed by atoms with Crippen LogP contribution in [0.1, 0.15) is 49.0 Å². The zero-order valence-corrected chi connectivity index (χ0v) is 22.6. The maximum absolute atomic E-state index is 12.4. The van der Waals surface area contributed by atoms with Gasteiger partial charge in [0.2, 0.25) is 0 Å². The summed E-state index contributed by atoms with van der Waals surface area (Å²) in [6.45, 7) is 4.93. The van der Waals surface area contributed by atoms with Gasteiger partial charge in [-0.1, -0.05) is 32.8 Å². The summed E-state index contributed by atoms with van der Waals surface area (Å²) in [7, 11) is 4.98. The van der Waals surface area contributed by atoms with Crippen molar-refractivity contribution < 1.29 is 18.7 Å². The molecule has 0 aliphatic carbocycles. The number of carbonyl (C=O) groups is 1. The van der Waals surface area contributed by atoms with E-state index in [2.05, 4.69) is 24.9 Å². The number of methoxy groups -OCH3 is 1. The molecule has 2 heterocycles. The number of nitriles is 1. The van der Waals surface area contributed by atoms with E-state index in [0.29, 0.717) is 57.6 Å². The molecule has 38 heavy (non-hydrogen) atoms. The molecule has 4 aromatic rings. The van der Waals surface area contributed by atoms with Crippen LogP contribution in [0.5, 0.6) is 11.5 Å². The molecule has 1 unspecified atom stereocenters. The summed E-state index contributed by atoms with van der Waals surface area (Å²) in [4.78, 5) is 18.4. The molecule has 0 saturated carbocycles. The van der Waals surface area contributed by atoms with Gasteiger partial charge in [0.1, 0.15) is 28.8 Å². The van der Waals surface area contributed by atoms with E-state index < -0.39 is 0 Å². The van der Waals surface area contributed by atoms with E-state index >= 15 is 0 Å². The van der Waals surface area contributed by atoms with E-state index in [1.165, 1.54) is 4.90 Å². The van der Waals surface area contributed by atoms with Crippen LogP contribution in [0.2, 0.25) is 0 Å². The Balaban J connectivity index is 1.69. The third-order valence-electron chi connectivity index (χ3n) is 6.69. The fourth-order valence-corrected chi connectivity index (χ4v) is 4.52. The van der Waals surface area contributed by atoms with Crippen molar-refractivity contribution in [3.8, 4) is 40.0 Å². The van der Waals surface area contributed by atoms with E-state index in [0.717, 1.165) is 30.4 Å². The molecule has 0 N–H and O–H groups in total. The molecule has 0 fully saturated rings. The first-order valence-corrected chi connectivity index (χ1v) is 12.9. The van der Waals surface area contributed by atoms with Gasteiger partial charge in [-0.05, 0) is 54.3 Å². The van der Waals surface area contributed by atoms with Crippen LogP contribution in [-0.2, 0) is 0 Å². The number of benzene rings is 2. The lowest BCUT2D eigenvalue weighted by Crippen LogP contribution is -2.21. The van der Waals surface area contributed by atoms with E-state index in [1.807, 2.05) is 36.4 Å². The highest BCUT2D eigenvalue weighted by molar-refractivity contribution is 5.96. The molecule has 1 amide bonds. The minimum absolute atomic E-state index is 0.111. The van der Waals surface area contributed by atoms with Crippen molar-refractivity contribution in [3.05, 3.63) is 65.9 Å². The van der Waals surface area contributed by atoms with Crippen LogP contribution in [0.4, 0.5) is 0 Å². The lowest BCUT2D eigenvalue weighted by Gasteiger charge is -2.16. The maximum Gasteiger partial charge on any atom is 0.253 e. The lowest BCUT2D eigenvalue weighted by molar-refractivity contribution is 0.0827. The average Bonchev–Trinajstić information content (AvgIpc) is 3.38. The Labute approximate surface area is 223 Å². The van der Waals surface area contributed by atoms with Gasteiger partial charge in [0.05, 0.1) is 24.8 Å². The summed E-state index contributed by atoms with van der Waals surface area (Å²) in [6, 6.07) is 16.9. The molecule has 0 spiro atoms. The van der Waals surface area contributed by atoms with Gasteiger partial charge in [-0.3, -0.25) is 9.78 Å². The number of ether oxygens (including phenoxy) is 2. The SMILES string of the molecule is CCCC(CC)COc1ccc(-c2ccnc3cc(-c4ccc(C(=O)N(C)C)cc4OC)oc23)cc1C#N. The maximum atomic E-state index is 12.4. The molecule has 7 nitrogen and oxygen atoms in total. The fraction of sp³-hybridized carbons (Fsp3) is 0.323. The molecule has 1 atom stereocenters. The molecule has 7 heteroatoms. The number of carbonyl (C=O) groups excluding carboxylic acids is 1. The topological polar surface area (TPSA) is 88.6 Å². The second kappa shape index (κ2) is 11.8. The summed E-state index contributed by atoms with van der Waals surface area (Å²) in [5, 5.41) is 9.83. The molecule has 0 saturated heterocycles. The first-order valence-electron chi connectivity index (χ1n) is 12.9. The highest BCUT2D eigenvalue weighted by Crippen LogP contribution is 2.38. The Morgan fingerprint density at radius 1 is 1.08 bits per heavy atom. The van der Waals surface area contributed by atoms with Crippen molar-refractivity contribution in [1.82, 2.24) is 9.88 Å². The third-order valence-corrected chi connectivity index (χ3v) is 6.69. The monoisotopic (exact) mass is 511 g/mol. The summed E-state index contributed by atoms with van der Waals surface area (Å²) >= 11 is 0. The smallest absolute Gasteiger partial charge is 0.253 e. The van der Waals surface area contributed by atoms with E-state index in [9.17, 15) is 10.1 Å². The molecule has 2 aromatic carbocycles. The number of hydrogen-bond acceptors (Lipinski definition) is 6. The summed E-state index contributed by atoms with van der Waals surface area (Å²) < 4.78 is 17.9. The van der Waals surface area contributed by atoms with Gasteiger partial charge in [0.25, 0.3) is 5.91 Å². The van der Waals surface area contributed by atoms with Crippen molar-refractivity contribution >= 4 is 17.0 Å². The van der Waals surface area contributed by atoms with Crippen LogP contribution >= 0.6 is 0 Å². The van der Waals surface area contributed by atoms with Crippen LogP contribution < -0.4 is 9.47 Å². The molecule has 0 radical (unpaired) electrons. The Kier molecular flexibility index (Phi) is 8.32. The summed E-state index contributed by atoms with van der Waals surface area (Å²) in [5.74, 6) is 2.05. The predicted molar refractivity (Wildman–Crippen MR) is 148 cm³/mol. The number of amides is 1. The normalized spacial score (nSPS) is 11.7. The lowest BCUT2D eigenvalue weighted by atomic mass is 10.0. The summed E-state index contributed by atoms with van der Waals surface area (Å²) in [5.41, 5.74) is 4.65. The molecular weight excluding hydrogens is 478 g/mol. The first-order chi connectivity index (χ1) is 18.4. The van der Waals surface area contributed by atoms with Crippen molar-refractivity contribution in [2.75, 3.05) is 27.8 Å². The highest BCUT2D eigenvalue weighted by Gasteiger charge is 2.19. The molecule has 2 aromatic heterocycles. The Morgan fingerprint density at radius 2 is 1.89 bits per heavy atom. The van der Waals surface area contributed by atoms with Crippen LogP contribution in [-0.4, -0.2) is 43.6 Å². The minimum atomic E-state index is -0.111. The minimum Gasteiger partial charge on any atom is -0.496 e. The fourth-order valence-electron chi connectivity index (χ4n) is 4.52. The number of rotatable bonds is 10. The zero-order valence-electron chi connectivity index (χ0n) is 22.6. The third kappa shape index (κ3) is 5.50. The largest absolute Gasteiger partial charge is 0.496 e. The standard InChI is InChI=1S/C31H33N3O4/c1-6-8-20(7-2)19-37-27-12-10-21(15-23(27)18-32)24-13-14-33-26-17-29(38-30(24)26)25-11-9-22(16-28(25)36-5)31(35)34(3)4/h9-17,20H,6-8,19H2,1-5H3. The number of hydrogen-bond donors (Lipinski definition) is 0. The second-order valence-corrected chi connectivity index (χ2v) is 9.49. The molecule has 196 valence electrons. The van der Waals surface area contributed by atoms with Gasteiger partial charge in [-0.2, -0.15) is 5.26 Å². The molecular formula is C31H33N3O4. The average molecular weight is 512 g/mol. The number of nitrogens with zero attached hydrogens (tertiary/aromatic N) is 3. The van der Waals surface area contributed by atoms with Gasteiger partial charge >= 0.3 is 0 Å². The quantitative estimate of drug-likeness (QED) is 0.229. The van der Waals surface area contributed by atoms with Crippen molar-refractivity contribution in [1.29, 1.82) is 5.26 Å². The van der Waals surface area contributed by atoms with Crippen molar-refractivity contribution in [3.63, 3.8) is 0 Å². The van der Waals surface area contributed by atoms with E-state index in [-0.39, 0.29) is 5.91 Å². The Hall–Kier alpha value is -4.31. The van der Waals surface area contributed by atoms with Gasteiger partial charge in [-0.25, -0.2) is 0 Å². The molecule has 0 aliphatic rings. The van der Waals surface area contributed by atoms with Gasteiger partial charge in [0.15, 0.2) is 5.58 Å². The number of furan rings is 1. The molecule has 0 bridgehead atoms.